The average molecular weight is 519 g/mol. The third-order valence-corrected chi connectivity index (χ3v) is 6.12. The second-order valence-electron chi connectivity index (χ2n) is 7.86. The minimum atomic E-state index is -1.16. The van der Waals surface area contributed by atoms with E-state index in [4.69, 9.17) is 23.2 Å². The number of pyridine rings is 1. The number of halogens is 2. The molecule has 2 aromatic carbocycles. The zero-order valence-corrected chi connectivity index (χ0v) is 20.5. The second kappa shape index (κ2) is 11.3. The van der Waals surface area contributed by atoms with Crippen LogP contribution >= 0.6 is 23.2 Å². The molecule has 3 rings (SSSR count). The molecule has 35 heavy (non-hydrogen) atoms. The third kappa shape index (κ3) is 5.63. The van der Waals surface area contributed by atoms with Crippen molar-refractivity contribution in [3.8, 4) is 0 Å². The summed E-state index contributed by atoms with van der Waals surface area (Å²) in [5.41, 5.74) is -0.0786. The molecule has 0 aliphatic carbocycles. The van der Waals surface area contributed by atoms with Crippen LogP contribution in [0.25, 0.3) is 0 Å². The maximum atomic E-state index is 12.6. The van der Waals surface area contributed by atoms with Gasteiger partial charge in [0.25, 0.3) is 16.8 Å². The molecular weight excluding hydrogens is 495 g/mol. The fourth-order valence-corrected chi connectivity index (χ4v) is 4.27. The van der Waals surface area contributed by atoms with Crippen molar-refractivity contribution >= 4 is 52.1 Å². The van der Waals surface area contributed by atoms with E-state index in [0.717, 1.165) is 6.42 Å². The Labute approximate surface area is 211 Å². The number of carboxylic acids is 1. The van der Waals surface area contributed by atoms with E-state index in [9.17, 15) is 24.3 Å². The summed E-state index contributed by atoms with van der Waals surface area (Å²) in [5, 5.41) is 18.4. The van der Waals surface area contributed by atoms with Gasteiger partial charge in [0.05, 0.1) is 15.6 Å². The fourth-order valence-electron chi connectivity index (χ4n) is 3.74. The van der Waals surface area contributed by atoms with E-state index < -0.39 is 34.7 Å². The molecular formula is C24H24Cl2N4O5. The van der Waals surface area contributed by atoms with Crippen molar-refractivity contribution < 1.29 is 14.7 Å². The molecule has 0 aliphatic rings. The highest BCUT2D eigenvalue weighted by Crippen LogP contribution is 2.29. The molecule has 1 heterocycles. The Hall–Kier alpha value is -3.43. The van der Waals surface area contributed by atoms with Crippen LogP contribution in [-0.4, -0.2) is 34.6 Å². The topological polar surface area (TPSA) is 137 Å². The fraction of sp³-hybridized carbons (Fsp3) is 0.292. The van der Waals surface area contributed by atoms with Gasteiger partial charge in [0.2, 0.25) is 0 Å². The zero-order chi connectivity index (χ0) is 25.7. The van der Waals surface area contributed by atoms with Crippen molar-refractivity contribution in [1.82, 2.24) is 4.98 Å². The largest absolute Gasteiger partial charge is 0.480 e. The Morgan fingerprint density at radius 3 is 2.14 bits per heavy atom. The predicted octanol–water partition coefficient (Wildman–Crippen LogP) is 4.12. The quantitative estimate of drug-likeness (QED) is 0.278. The van der Waals surface area contributed by atoms with Gasteiger partial charge >= 0.3 is 5.97 Å². The Balaban J connectivity index is 1.80. The summed E-state index contributed by atoms with van der Waals surface area (Å²) in [5.74, 6) is -2.20. The highest BCUT2D eigenvalue weighted by Gasteiger charge is 2.32. The number of rotatable bonds is 11. The molecule has 2 unspecified atom stereocenters. The first-order valence-electron chi connectivity index (χ1n) is 11.0. The summed E-state index contributed by atoms with van der Waals surface area (Å²) in [7, 11) is 0. The van der Waals surface area contributed by atoms with Gasteiger partial charge in [0.15, 0.2) is 0 Å². The maximum absolute atomic E-state index is 12.6. The van der Waals surface area contributed by atoms with E-state index in [2.05, 4.69) is 20.9 Å². The van der Waals surface area contributed by atoms with Crippen LogP contribution < -0.4 is 26.8 Å². The number of aliphatic carboxylic acids is 1. The number of carbonyl (C=O) groups is 2. The van der Waals surface area contributed by atoms with Crippen LogP contribution in [0.4, 0.5) is 17.1 Å². The summed E-state index contributed by atoms with van der Waals surface area (Å²) in [4.78, 5) is 52.5. The molecule has 4 N–H and O–H groups in total. The Morgan fingerprint density at radius 1 is 1.00 bits per heavy atom. The smallest absolute Gasteiger partial charge is 0.326 e. The first-order valence-corrected chi connectivity index (χ1v) is 11.7. The van der Waals surface area contributed by atoms with Gasteiger partial charge < -0.3 is 21.1 Å². The first-order chi connectivity index (χ1) is 16.7. The molecule has 0 bridgehead atoms. The molecule has 3 aromatic rings. The van der Waals surface area contributed by atoms with Gasteiger partial charge in [-0.05, 0) is 30.5 Å². The van der Waals surface area contributed by atoms with Gasteiger partial charge in [-0.1, -0.05) is 49.2 Å². The summed E-state index contributed by atoms with van der Waals surface area (Å²) in [6.45, 7) is 4.21. The summed E-state index contributed by atoms with van der Waals surface area (Å²) < 4.78 is 0. The van der Waals surface area contributed by atoms with Crippen LogP contribution in [0, 0.1) is 0 Å². The van der Waals surface area contributed by atoms with E-state index in [-0.39, 0.29) is 27.0 Å². The molecule has 1 amide bonds. The Morgan fingerprint density at radius 2 is 1.60 bits per heavy atom. The van der Waals surface area contributed by atoms with Crippen LogP contribution in [0.3, 0.4) is 0 Å². The number of amides is 1. The number of aromatic nitrogens is 1. The van der Waals surface area contributed by atoms with Crippen LogP contribution in [0.5, 0.6) is 0 Å². The summed E-state index contributed by atoms with van der Waals surface area (Å²) in [6, 6.07) is 5.48. The van der Waals surface area contributed by atoms with E-state index in [1.807, 2.05) is 13.8 Å². The molecule has 11 heteroatoms. The zero-order valence-electron chi connectivity index (χ0n) is 19.0. The van der Waals surface area contributed by atoms with Gasteiger partial charge in [-0.2, -0.15) is 0 Å². The van der Waals surface area contributed by atoms with E-state index >= 15 is 0 Å². The van der Waals surface area contributed by atoms with Gasteiger partial charge in [-0.3, -0.25) is 19.4 Å². The molecule has 2 atom stereocenters. The minimum absolute atomic E-state index is 0.00991. The number of benzene rings is 1. The van der Waals surface area contributed by atoms with Crippen LogP contribution in [0.15, 0.2) is 46.2 Å². The monoisotopic (exact) mass is 518 g/mol. The molecule has 0 spiro atoms. The molecule has 1 aromatic heterocycles. The number of carbonyl (C=O) groups excluding carboxylic acids is 1. The number of hydrogen-bond acceptors (Lipinski definition) is 7. The van der Waals surface area contributed by atoms with E-state index in [0.29, 0.717) is 24.2 Å². The van der Waals surface area contributed by atoms with E-state index in [1.165, 1.54) is 12.4 Å². The molecule has 0 saturated carbocycles. The number of anilines is 3. The second-order valence-corrected chi connectivity index (χ2v) is 8.68. The average Bonchev–Trinajstić information content (AvgIpc) is 2.83. The lowest BCUT2D eigenvalue weighted by Gasteiger charge is -2.26. The predicted molar refractivity (Wildman–Crippen MR) is 137 cm³/mol. The van der Waals surface area contributed by atoms with Gasteiger partial charge in [0, 0.05) is 30.5 Å². The van der Waals surface area contributed by atoms with Gasteiger partial charge in [-0.25, -0.2) is 4.79 Å². The van der Waals surface area contributed by atoms with Crippen molar-refractivity contribution in [2.24, 2.45) is 0 Å². The number of nitrogens with one attached hydrogen (secondary N) is 3. The van der Waals surface area contributed by atoms with Crippen molar-refractivity contribution in [1.29, 1.82) is 0 Å². The maximum Gasteiger partial charge on any atom is 0.326 e. The third-order valence-electron chi connectivity index (χ3n) is 5.55. The first kappa shape index (κ1) is 26.2. The number of carboxylic acid groups (broad SMARTS) is 1. The lowest BCUT2D eigenvalue weighted by Crippen LogP contribution is -2.43. The molecule has 0 aliphatic heterocycles. The van der Waals surface area contributed by atoms with Crippen molar-refractivity contribution in [3.05, 3.63) is 78.3 Å². The van der Waals surface area contributed by atoms with Crippen molar-refractivity contribution in [2.75, 3.05) is 22.5 Å². The molecule has 0 radical (unpaired) electrons. The van der Waals surface area contributed by atoms with Crippen molar-refractivity contribution in [2.45, 2.75) is 38.6 Å². The SMILES string of the molecule is CCCNc1c(NC(C(=O)O)C(CC)c2ccc(NC(=O)c3c(Cl)cncc3Cl)cc2)c(=O)c1=O. The van der Waals surface area contributed by atoms with Crippen LogP contribution in [0.2, 0.25) is 10.0 Å². The summed E-state index contributed by atoms with van der Waals surface area (Å²) in [6.07, 6.45) is 3.80. The van der Waals surface area contributed by atoms with Crippen molar-refractivity contribution in [3.63, 3.8) is 0 Å². The highest BCUT2D eigenvalue weighted by atomic mass is 35.5. The normalized spacial score (nSPS) is 12.7. The number of hydrogen-bond donors (Lipinski definition) is 4. The van der Waals surface area contributed by atoms with E-state index in [1.54, 1.807) is 24.3 Å². The Kier molecular flexibility index (Phi) is 8.48. The van der Waals surface area contributed by atoms with Gasteiger partial charge in [-0.15, -0.1) is 0 Å². The molecule has 0 fully saturated rings. The van der Waals surface area contributed by atoms with Crippen LogP contribution in [-0.2, 0) is 4.79 Å². The summed E-state index contributed by atoms with van der Waals surface area (Å²) >= 11 is 12.1. The minimum Gasteiger partial charge on any atom is -0.480 e. The molecule has 0 saturated heterocycles. The Bertz CT molecular complexity index is 1280. The molecule has 184 valence electrons. The lowest BCUT2D eigenvalue weighted by atomic mass is 9.88. The molecule has 9 nitrogen and oxygen atoms in total. The van der Waals surface area contributed by atoms with Gasteiger partial charge in [0.1, 0.15) is 17.4 Å². The van der Waals surface area contributed by atoms with Crippen LogP contribution in [0.1, 0.15) is 48.5 Å². The lowest BCUT2D eigenvalue weighted by molar-refractivity contribution is -0.138. The highest BCUT2D eigenvalue weighted by molar-refractivity contribution is 6.40. The standard InChI is InChI=1S/C24H24Cl2N4O5/c1-3-9-28-19-20(22(32)21(19)31)30-18(24(34)35)14(4-2)12-5-7-13(8-6-12)29-23(33)17-15(25)10-27-11-16(17)26/h5-8,10-11,14,18,28,30H,3-4,9H2,1-2H3,(H,29,33)(H,34,35). The number of nitrogens with zero attached hydrogens (tertiary/aromatic N) is 1.